The van der Waals surface area contributed by atoms with Crippen molar-refractivity contribution in [1.29, 1.82) is 0 Å². The maximum atomic E-state index is 5.62. The minimum absolute atomic E-state index is 0.811. The van der Waals surface area contributed by atoms with Crippen LogP contribution in [-0.4, -0.2) is 23.2 Å². The average Bonchev–Trinajstić information content (AvgIpc) is 2.46. The molecule has 0 bridgehead atoms. The Kier molecular flexibility index (Phi) is 6.94. The van der Waals surface area contributed by atoms with E-state index in [1.54, 1.807) is 6.20 Å². The highest BCUT2D eigenvalue weighted by Crippen LogP contribution is 2.16. The van der Waals surface area contributed by atoms with Crippen LogP contribution in [0.3, 0.4) is 0 Å². The van der Waals surface area contributed by atoms with Gasteiger partial charge in [0.1, 0.15) is 0 Å². The van der Waals surface area contributed by atoms with Gasteiger partial charge in [0.15, 0.2) is 0 Å². The van der Waals surface area contributed by atoms with Gasteiger partial charge in [0.25, 0.3) is 0 Å². The van der Waals surface area contributed by atoms with Gasteiger partial charge in [-0.3, -0.25) is 5.43 Å². The minimum atomic E-state index is 0.811. The molecule has 20 heavy (non-hydrogen) atoms. The Balaban J connectivity index is 2.80. The monoisotopic (exact) mass is 276 g/mol. The van der Waals surface area contributed by atoms with Crippen molar-refractivity contribution in [3.8, 4) is 0 Å². The minimum Gasteiger partial charge on any atom is -0.405 e. The molecule has 4 heteroatoms. The normalized spacial score (nSPS) is 15.8. The highest BCUT2D eigenvalue weighted by atomic mass is 15.8. The molecule has 1 rings (SSSR count). The van der Waals surface area contributed by atoms with Crippen molar-refractivity contribution in [3.63, 3.8) is 0 Å². The fraction of sp³-hybridized carbons (Fsp3) is 0.500. The lowest BCUT2D eigenvalue weighted by atomic mass is 10.2. The zero-order valence-electron chi connectivity index (χ0n) is 13.0. The molecular weight excluding hydrogens is 248 g/mol. The summed E-state index contributed by atoms with van der Waals surface area (Å²) in [5, 5.41) is 4.33. The van der Waals surface area contributed by atoms with E-state index in [0.29, 0.717) is 0 Å². The smallest absolute Gasteiger partial charge is 0.0756 e. The van der Waals surface area contributed by atoms with Gasteiger partial charge in [0.2, 0.25) is 0 Å². The number of nitrogens with one attached hydrogen (secondary N) is 1. The molecule has 0 saturated heterocycles. The predicted molar refractivity (Wildman–Crippen MR) is 86.1 cm³/mol. The van der Waals surface area contributed by atoms with E-state index in [1.807, 2.05) is 12.3 Å². The molecule has 0 atom stereocenters. The fourth-order valence-electron chi connectivity index (χ4n) is 2.10. The number of nitrogens with two attached hydrogens (primary N) is 1. The molecule has 3 N–H and O–H groups in total. The van der Waals surface area contributed by atoms with Crippen LogP contribution in [0.25, 0.3) is 0 Å². The molecule has 0 saturated carbocycles. The molecule has 0 aromatic heterocycles. The third-order valence-corrected chi connectivity index (χ3v) is 3.26. The molecule has 112 valence electrons. The molecule has 0 spiro atoms. The Morgan fingerprint density at radius 2 is 2.25 bits per heavy atom. The summed E-state index contributed by atoms with van der Waals surface area (Å²) in [5.41, 5.74) is 12.3. The number of hydrogen-bond acceptors (Lipinski definition) is 4. The van der Waals surface area contributed by atoms with Gasteiger partial charge in [0.05, 0.1) is 5.70 Å². The lowest BCUT2D eigenvalue weighted by Crippen LogP contribution is -2.50. The molecule has 4 nitrogen and oxygen atoms in total. The maximum Gasteiger partial charge on any atom is 0.0756 e. The Labute approximate surface area is 123 Å². The first-order valence-corrected chi connectivity index (χ1v) is 7.31. The molecular formula is C16H28N4. The number of rotatable bonds is 8. The summed E-state index contributed by atoms with van der Waals surface area (Å²) in [7, 11) is 0. The van der Waals surface area contributed by atoms with Crippen LogP contribution in [0, 0.1) is 0 Å². The van der Waals surface area contributed by atoms with Crippen LogP contribution in [0.5, 0.6) is 0 Å². The van der Waals surface area contributed by atoms with Gasteiger partial charge in [-0.25, -0.2) is 5.12 Å². The van der Waals surface area contributed by atoms with Crippen LogP contribution in [-0.2, 0) is 0 Å². The van der Waals surface area contributed by atoms with Gasteiger partial charge in [-0.1, -0.05) is 26.3 Å². The van der Waals surface area contributed by atoms with E-state index in [-0.39, 0.29) is 0 Å². The highest BCUT2D eigenvalue weighted by molar-refractivity contribution is 5.29. The van der Waals surface area contributed by atoms with Crippen LogP contribution < -0.4 is 11.2 Å². The molecule has 0 radical (unpaired) electrons. The van der Waals surface area contributed by atoms with Crippen molar-refractivity contribution in [2.24, 2.45) is 5.73 Å². The van der Waals surface area contributed by atoms with E-state index in [2.05, 4.69) is 49.0 Å². The Hall–Kier alpha value is -1.68. The number of hydrazine groups is 2. The molecule has 0 unspecified atom stereocenters. The average molecular weight is 276 g/mol. The predicted octanol–water partition coefficient (Wildman–Crippen LogP) is 3.05. The summed E-state index contributed by atoms with van der Waals surface area (Å²) in [6, 6.07) is 0. The van der Waals surface area contributed by atoms with Crippen molar-refractivity contribution < 1.29 is 0 Å². The maximum absolute atomic E-state index is 5.62. The van der Waals surface area contributed by atoms with Gasteiger partial charge < -0.3 is 5.73 Å². The van der Waals surface area contributed by atoms with Crippen LogP contribution >= 0.6 is 0 Å². The van der Waals surface area contributed by atoms with Gasteiger partial charge in [0, 0.05) is 19.3 Å². The topological polar surface area (TPSA) is 44.5 Å². The van der Waals surface area contributed by atoms with E-state index < -0.39 is 0 Å². The van der Waals surface area contributed by atoms with E-state index in [0.717, 1.165) is 24.4 Å². The van der Waals surface area contributed by atoms with Crippen molar-refractivity contribution >= 4 is 0 Å². The standard InChI is InChI=1S/C16H28N4/c1-5-7-8-9-19(13-15(4)11-17)20-16(6-2)10-14(3)12-18-20/h6,10-12,18H,2,5,7-9,13,17H2,1,3-4H3/b15-11+. The number of hydrogen-bond donors (Lipinski definition) is 2. The third-order valence-electron chi connectivity index (χ3n) is 3.26. The SMILES string of the molecule is C=CC1=CC(C)=CNN1N(CCCCC)C/C(C)=C/N. The van der Waals surface area contributed by atoms with E-state index in [1.165, 1.54) is 24.8 Å². The zero-order chi connectivity index (χ0) is 15.0. The lowest BCUT2D eigenvalue weighted by Gasteiger charge is -2.38. The first-order chi connectivity index (χ1) is 9.62. The third kappa shape index (κ3) is 4.78. The molecule has 0 aliphatic carbocycles. The first-order valence-electron chi connectivity index (χ1n) is 7.31. The Morgan fingerprint density at radius 3 is 2.85 bits per heavy atom. The largest absolute Gasteiger partial charge is 0.405 e. The summed E-state index contributed by atoms with van der Waals surface area (Å²) in [4.78, 5) is 0. The Bertz CT molecular complexity index is 407. The van der Waals surface area contributed by atoms with Crippen LogP contribution in [0.2, 0.25) is 0 Å². The van der Waals surface area contributed by atoms with Gasteiger partial charge in [-0.2, -0.15) is 5.01 Å². The highest BCUT2D eigenvalue weighted by Gasteiger charge is 2.18. The van der Waals surface area contributed by atoms with Crippen LogP contribution in [0.15, 0.2) is 48.0 Å². The molecule has 1 aliphatic rings. The Morgan fingerprint density at radius 1 is 1.50 bits per heavy atom. The van der Waals surface area contributed by atoms with Gasteiger partial charge in [-0.15, -0.1) is 0 Å². The zero-order valence-corrected chi connectivity index (χ0v) is 13.0. The number of unbranched alkanes of at least 4 members (excludes halogenated alkanes) is 2. The van der Waals surface area contributed by atoms with Gasteiger partial charge in [-0.05, 0) is 49.8 Å². The van der Waals surface area contributed by atoms with Crippen molar-refractivity contribution in [3.05, 3.63) is 48.0 Å². The number of allylic oxidation sites excluding steroid dienone is 3. The summed E-state index contributed by atoms with van der Waals surface area (Å²) in [6.07, 6.45) is 11.3. The lowest BCUT2D eigenvalue weighted by molar-refractivity contribution is -0.0147. The molecule has 0 fully saturated rings. The van der Waals surface area contributed by atoms with E-state index >= 15 is 0 Å². The van der Waals surface area contributed by atoms with Crippen LogP contribution in [0.4, 0.5) is 0 Å². The van der Waals surface area contributed by atoms with Crippen molar-refractivity contribution in [2.45, 2.75) is 40.0 Å². The second kappa shape index (κ2) is 8.48. The molecule has 1 aliphatic heterocycles. The quantitative estimate of drug-likeness (QED) is 0.669. The molecule has 0 amide bonds. The van der Waals surface area contributed by atoms with Gasteiger partial charge >= 0.3 is 0 Å². The number of nitrogens with zero attached hydrogens (tertiary/aromatic N) is 2. The van der Waals surface area contributed by atoms with E-state index in [9.17, 15) is 0 Å². The molecule has 1 heterocycles. The summed E-state index contributed by atoms with van der Waals surface area (Å²) >= 11 is 0. The second-order valence-corrected chi connectivity index (χ2v) is 5.21. The summed E-state index contributed by atoms with van der Waals surface area (Å²) in [6.45, 7) is 12.0. The second-order valence-electron chi connectivity index (χ2n) is 5.21. The molecule has 0 aromatic carbocycles. The summed E-state index contributed by atoms with van der Waals surface area (Å²) < 4.78 is 0. The van der Waals surface area contributed by atoms with Crippen LogP contribution in [0.1, 0.15) is 40.0 Å². The summed E-state index contributed by atoms with van der Waals surface area (Å²) in [5.74, 6) is 0. The first kappa shape index (κ1) is 16.4. The van der Waals surface area contributed by atoms with Crippen molar-refractivity contribution in [2.75, 3.05) is 13.1 Å². The van der Waals surface area contributed by atoms with Crippen molar-refractivity contribution in [1.82, 2.24) is 15.6 Å². The molecule has 0 aromatic rings. The fourth-order valence-corrected chi connectivity index (χ4v) is 2.10. The van der Waals surface area contributed by atoms with E-state index in [4.69, 9.17) is 5.73 Å².